The van der Waals surface area contributed by atoms with Crippen molar-refractivity contribution in [3.63, 3.8) is 0 Å². The van der Waals surface area contributed by atoms with E-state index >= 15 is 0 Å². The van der Waals surface area contributed by atoms with Crippen molar-refractivity contribution in [1.29, 1.82) is 0 Å². The maximum atomic E-state index is 13.4. The van der Waals surface area contributed by atoms with E-state index in [-0.39, 0.29) is 11.9 Å². The van der Waals surface area contributed by atoms with Crippen LogP contribution in [0.3, 0.4) is 0 Å². The zero-order chi connectivity index (χ0) is 29.4. The van der Waals surface area contributed by atoms with Crippen molar-refractivity contribution in [3.05, 3.63) is 46.3 Å². The first-order chi connectivity index (χ1) is 19.4. The maximum absolute atomic E-state index is 13.4. The van der Waals surface area contributed by atoms with Crippen molar-refractivity contribution in [1.82, 2.24) is 15.1 Å². The van der Waals surface area contributed by atoms with Gasteiger partial charge in [-0.15, -0.1) is 11.3 Å². The Morgan fingerprint density at radius 1 is 0.976 bits per heavy atom. The van der Waals surface area contributed by atoms with Gasteiger partial charge in [0.2, 0.25) is 0 Å². The third-order valence-electron chi connectivity index (χ3n) is 8.55. The molecule has 224 valence electrons. The summed E-state index contributed by atoms with van der Waals surface area (Å²) in [5.41, 5.74) is 2.89. The van der Waals surface area contributed by atoms with E-state index in [9.17, 15) is 18.0 Å². The molecule has 4 heterocycles. The monoisotopic (exact) mass is 601 g/mol. The summed E-state index contributed by atoms with van der Waals surface area (Å²) in [6.45, 7) is 10.6. The van der Waals surface area contributed by atoms with E-state index in [4.69, 9.17) is 4.74 Å². The van der Waals surface area contributed by atoms with Crippen molar-refractivity contribution < 1.29 is 22.7 Å². The molecular formula is C31H43N3O5S2. The molecule has 2 aromatic rings. The molecule has 1 N–H and O–H groups in total. The number of sulfone groups is 1. The fourth-order valence-corrected chi connectivity index (χ4v) is 8.89. The highest BCUT2D eigenvalue weighted by Crippen LogP contribution is 2.35. The molecule has 0 bridgehead atoms. The largest absolute Gasteiger partial charge is 0.444 e. The number of amides is 2. The third-order valence-corrected chi connectivity index (χ3v) is 11.5. The van der Waals surface area contributed by atoms with Gasteiger partial charge < -0.3 is 19.9 Å². The number of alkyl carbamates (subject to hydrolysis) is 1. The van der Waals surface area contributed by atoms with Crippen LogP contribution in [0.4, 0.5) is 4.79 Å². The quantitative estimate of drug-likeness (QED) is 0.505. The van der Waals surface area contributed by atoms with Crippen LogP contribution < -0.4 is 5.32 Å². The van der Waals surface area contributed by atoms with Crippen LogP contribution in [0.25, 0.3) is 10.4 Å². The molecule has 0 unspecified atom stereocenters. The molecule has 3 aliphatic rings. The number of ether oxygens (including phenoxy) is 1. The highest BCUT2D eigenvalue weighted by molar-refractivity contribution is 7.91. The number of hydrogen-bond acceptors (Lipinski definition) is 7. The molecule has 3 saturated heterocycles. The molecule has 41 heavy (non-hydrogen) atoms. The van der Waals surface area contributed by atoms with Crippen molar-refractivity contribution in [2.75, 3.05) is 37.7 Å². The minimum atomic E-state index is -2.82. The second-order valence-corrected chi connectivity index (χ2v) is 16.2. The first kappa shape index (κ1) is 30.0. The number of thiophene rings is 1. The number of aryl methyl sites for hydroxylation is 1. The standard InChI is InChI=1S/C31H43N3O5S2/c1-21-19-27(40-28(21)29(35)34-16-11-25(20-34)32-30(36)39-31(2,3)4)24-7-5-22(6-8-24)23-9-14-33(15-10-23)26-12-17-41(37,38)18-13-26/h5-8,19,23,25-26H,9-18,20H2,1-4H3,(H,32,36)/t25-/m0/s1. The molecule has 10 heteroatoms. The van der Waals surface area contributed by atoms with Gasteiger partial charge in [0.15, 0.2) is 0 Å². The molecule has 1 aromatic carbocycles. The summed E-state index contributed by atoms with van der Waals surface area (Å²) >= 11 is 1.54. The van der Waals surface area contributed by atoms with E-state index < -0.39 is 21.5 Å². The average Bonchev–Trinajstić information content (AvgIpc) is 3.54. The second kappa shape index (κ2) is 12.1. The third kappa shape index (κ3) is 7.51. The van der Waals surface area contributed by atoms with Crippen molar-refractivity contribution in [2.45, 2.75) is 83.4 Å². The Kier molecular flexibility index (Phi) is 8.83. The second-order valence-electron chi connectivity index (χ2n) is 12.8. The van der Waals surface area contributed by atoms with Gasteiger partial charge in [-0.25, -0.2) is 13.2 Å². The van der Waals surface area contributed by atoms with Gasteiger partial charge in [0, 0.05) is 24.0 Å². The topological polar surface area (TPSA) is 96.0 Å². The summed E-state index contributed by atoms with van der Waals surface area (Å²) in [6.07, 6.45) is 4.01. The smallest absolute Gasteiger partial charge is 0.407 e. The van der Waals surface area contributed by atoms with Crippen LogP contribution in [0.15, 0.2) is 30.3 Å². The number of carbonyl (C=O) groups is 2. The van der Waals surface area contributed by atoms with Crippen LogP contribution in [0.2, 0.25) is 0 Å². The fourth-order valence-electron chi connectivity index (χ4n) is 6.28. The lowest BCUT2D eigenvalue weighted by Crippen LogP contribution is -2.44. The summed E-state index contributed by atoms with van der Waals surface area (Å²) in [6, 6.07) is 11.2. The Labute approximate surface area is 248 Å². The lowest BCUT2D eigenvalue weighted by molar-refractivity contribution is 0.0502. The first-order valence-corrected chi connectivity index (χ1v) is 17.4. The highest BCUT2D eigenvalue weighted by atomic mass is 32.2. The number of carbonyl (C=O) groups excluding carboxylic acids is 2. The molecule has 2 amide bonds. The zero-order valence-electron chi connectivity index (χ0n) is 24.6. The van der Waals surface area contributed by atoms with Gasteiger partial charge in [0.05, 0.1) is 22.4 Å². The van der Waals surface area contributed by atoms with Crippen molar-refractivity contribution in [3.8, 4) is 10.4 Å². The van der Waals surface area contributed by atoms with Crippen LogP contribution in [0.5, 0.6) is 0 Å². The Balaban J connectivity index is 1.15. The van der Waals surface area contributed by atoms with E-state index in [1.807, 2.05) is 32.6 Å². The Bertz CT molecular complexity index is 1340. The predicted octanol–water partition coefficient (Wildman–Crippen LogP) is 5.22. The normalized spacial score (nSPS) is 22.5. The van der Waals surface area contributed by atoms with Crippen LogP contribution in [-0.2, 0) is 14.6 Å². The summed E-state index contributed by atoms with van der Waals surface area (Å²) < 4.78 is 28.9. The summed E-state index contributed by atoms with van der Waals surface area (Å²) in [4.78, 5) is 31.7. The summed E-state index contributed by atoms with van der Waals surface area (Å²) in [5.74, 6) is 1.20. The Morgan fingerprint density at radius 2 is 1.63 bits per heavy atom. The number of nitrogens with one attached hydrogen (secondary N) is 1. The molecule has 3 aliphatic heterocycles. The van der Waals surface area contributed by atoms with E-state index in [0.717, 1.165) is 59.7 Å². The van der Waals surface area contributed by atoms with Gasteiger partial charge in [0.1, 0.15) is 15.4 Å². The van der Waals surface area contributed by atoms with E-state index in [0.29, 0.717) is 43.0 Å². The van der Waals surface area contributed by atoms with Crippen LogP contribution >= 0.6 is 11.3 Å². The van der Waals surface area contributed by atoms with Gasteiger partial charge in [-0.2, -0.15) is 0 Å². The average molecular weight is 602 g/mol. The molecule has 1 aromatic heterocycles. The number of hydrogen-bond donors (Lipinski definition) is 1. The molecule has 0 spiro atoms. The highest BCUT2D eigenvalue weighted by Gasteiger charge is 2.32. The van der Waals surface area contributed by atoms with Gasteiger partial charge in [0.25, 0.3) is 5.91 Å². The minimum absolute atomic E-state index is 0.0196. The molecule has 0 aliphatic carbocycles. The van der Waals surface area contributed by atoms with Gasteiger partial charge in [-0.3, -0.25) is 4.79 Å². The minimum Gasteiger partial charge on any atom is -0.444 e. The molecule has 0 radical (unpaired) electrons. The predicted molar refractivity (Wildman–Crippen MR) is 163 cm³/mol. The van der Waals surface area contributed by atoms with Crippen molar-refractivity contribution >= 4 is 33.2 Å². The van der Waals surface area contributed by atoms with Crippen LogP contribution in [0.1, 0.15) is 79.6 Å². The van der Waals surface area contributed by atoms with Gasteiger partial charge >= 0.3 is 6.09 Å². The van der Waals surface area contributed by atoms with E-state index in [2.05, 4.69) is 40.5 Å². The molecule has 8 nitrogen and oxygen atoms in total. The lowest BCUT2D eigenvalue weighted by Gasteiger charge is -2.39. The molecule has 5 rings (SSSR count). The maximum Gasteiger partial charge on any atom is 0.407 e. The number of likely N-dealkylation sites (tertiary alicyclic amines) is 2. The van der Waals surface area contributed by atoms with Crippen molar-refractivity contribution in [2.24, 2.45) is 0 Å². The van der Waals surface area contributed by atoms with Crippen LogP contribution in [-0.4, -0.2) is 85.6 Å². The zero-order valence-corrected chi connectivity index (χ0v) is 26.3. The van der Waals surface area contributed by atoms with E-state index in [1.165, 1.54) is 16.9 Å². The van der Waals surface area contributed by atoms with Crippen LogP contribution in [0, 0.1) is 6.92 Å². The summed E-state index contributed by atoms with van der Waals surface area (Å²) in [5, 5.41) is 2.90. The lowest BCUT2D eigenvalue weighted by atomic mass is 9.88. The first-order valence-electron chi connectivity index (χ1n) is 14.8. The number of piperidine rings is 1. The Hall–Kier alpha value is -2.43. The molecule has 1 atom stereocenters. The summed E-state index contributed by atoms with van der Waals surface area (Å²) in [7, 11) is -2.82. The number of benzene rings is 1. The van der Waals surface area contributed by atoms with Gasteiger partial charge in [-0.05, 0) is 102 Å². The fraction of sp³-hybridized carbons (Fsp3) is 0.613. The number of nitrogens with zero attached hydrogens (tertiary/aromatic N) is 2. The molecular weight excluding hydrogens is 558 g/mol. The van der Waals surface area contributed by atoms with Gasteiger partial charge in [-0.1, -0.05) is 24.3 Å². The van der Waals surface area contributed by atoms with E-state index in [1.54, 1.807) is 0 Å². The molecule has 3 fully saturated rings. The Morgan fingerprint density at radius 3 is 2.27 bits per heavy atom. The SMILES string of the molecule is Cc1cc(-c2ccc(C3CCN(C4CCS(=O)(=O)CC4)CC3)cc2)sc1C(=O)N1CC[C@H](NC(=O)OC(C)(C)C)C1. The number of rotatable bonds is 5. The molecule has 0 saturated carbocycles.